The largest absolute Gasteiger partial charge is 0.493 e. The molecule has 0 heterocycles. The van der Waals surface area contributed by atoms with Crippen LogP contribution in [-0.2, 0) is 0 Å². The van der Waals surface area contributed by atoms with E-state index in [9.17, 15) is 4.39 Å². The Morgan fingerprint density at radius 1 is 1.18 bits per heavy atom. The molecule has 2 nitrogen and oxygen atoms in total. The van der Waals surface area contributed by atoms with Crippen LogP contribution in [0.15, 0.2) is 18.2 Å². The summed E-state index contributed by atoms with van der Waals surface area (Å²) in [6.07, 6.45) is 10.4. The van der Waals surface area contributed by atoms with E-state index in [0.717, 1.165) is 5.92 Å². The number of unbranched alkanes of at least 4 members (excludes halogenated alkanes) is 2. The summed E-state index contributed by atoms with van der Waals surface area (Å²) < 4.78 is 19.2. The third-order valence-electron chi connectivity index (χ3n) is 4.73. The van der Waals surface area contributed by atoms with Gasteiger partial charge >= 0.3 is 0 Å². The van der Waals surface area contributed by atoms with Gasteiger partial charge in [-0.25, -0.2) is 4.39 Å². The van der Waals surface area contributed by atoms with Crippen LogP contribution in [0.1, 0.15) is 63.9 Å². The van der Waals surface area contributed by atoms with Crippen LogP contribution in [0.2, 0.25) is 0 Å². The summed E-state index contributed by atoms with van der Waals surface area (Å²) >= 11 is 0. The SMILES string of the molecule is CCCCC[C@H]1CC[C@H](COc2ccc(C#N)c(F)c2)CC1. The molecule has 1 aromatic carbocycles. The topological polar surface area (TPSA) is 33.0 Å². The van der Waals surface area contributed by atoms with E-state index in [1.165, 1.54) is 63.5 Å². The Labute approximate surface area is 133 Å². The average Bonchev–Trinajstić information content (AvgIpc) is 2.54. The first kappa shape index (κ1) is 16.8. The highest BCUT2D eigenvalue weighted by atomic mass is 19.1. The van der Waals surface area contributed by atoms with Crippen molar-refractivity contribution in [2.24, 2.45) is 11.8 Å². The number of halogens is 1. The van der Waals surface area contributed by atoms with Crippen LogP contribution in [-0.4, -0.2) is 6.61 Å². The van der Waals surface area contributed by atoms with Gasteiger partial charge in [0.05, 0.1) is 12.2 Å². The molecule has 1 fully saturated rings. The Hall–Kier alpha value is -1.56. The van der Waals surface area contributed by atoms with Crippen molar-refractivity contribution >= 4 is 0 Å². The lowest BCUT2D eigenvalue weighted by Crippen LogP contribution is -2.20. The maximum Gasteiger partial charge on any atom is 0.144 e. The van der Waals surface area contributed by atoms with Gasteiger partial charge in [-0.15, -0.1) is 0 Å². The number of benzene rings is 1. The predicted molar refractivity (Wildman–Crippen MR) is 86.2 cm³/mol. The van der Waals surface area contributed by atoms with Gasteiger partial charge in [-0.3, -0.25) is 0 Å². The zero-order chi connectivity index (χ0) is 15.8. The molecule has 1 aromatic rings. The van der Waals surface area contributed by atoms with E-state index in [1.54, 1.807) is 6.07 Å². The standard InChI is InChI=1S/C19H26FNO/c1-2-3-4-5-15-6-8-16(9-7-15)14-22-18-11-10-17(13-21)19(20)12-18/h10-12,15-16H,2-9,14H2,1H3/t15-,16-. The summed E-state index contributed by atoms with van der Waals surface area (Å²) in [5, 5.41) is 8.71. The molecule has 0 amide bonds. The van der Waals surface area contributed by atoms with Crippen LogP contribution in [0, 0.1) is 29.0 Å². The van der Waals surface area contributed by atoms with Gasteiger partial charge in [0.1, 0.15) is 17.6 Å². The molecule has 2 rings (SSSR count). The van der Waals surface area contributed by atoms with Crippen molar-refractivity contribution in [3.63, 3.8) is 0 Å². The van der Waals surface area contributed by atoms with Crippen LogP contribution in [0.4, 0.5) is 4.39 Å². The Morgan fingerprint density at radius 3 is 2.55 bits per heavy atom. The number of hydrogen-bond donors (Lipinski definition) is 0. The molecule has 3 heteroatoms. The van der Waals surface area contributed by atoms with Gasteiger partial charge in [-0.05, 0) is 36.8 Å². The van der Waals surface area contributed by atoms with Gasteiger partial charge in [0.2, 0.25) is 0 Å². The minimum atomic E-state index is -0.500. The molecule has 0 atom stereocenters. The molecule has 0 saturated heterocycles. The van der Waals surface area contributed by atoms with E-state index in [0.29, 0.717) is 18.3 Å². The van der Waals surface area contributed by atoms with Crippen molar-refractivity contribution in [1.29, 1.82) is 5.26 Å². The van der Waals surface area contributed by atoms with Gasteiger partial charge in [-0.2, -0.15) is 5.26 Å². The second kappa shape index (κ2) is 8.78. The van der Waals surface area contributed by atoms with E-state index in [4.69, 9.17) is 10.00 Å². The lowest BCUT2D eigenvalue weighted by Gasteiger charge is -2.28. The van der Waals surface area contributed by atoms with Crippen LogP contribution >= 0.6 is 0 Å². The first-order chi connectivity index (χ1) is 10.7. The number of ether oxygens (including phenoxy) is 1. The number of rotatable bonds is 7. The van der Waals surface area contributed by atoms with Crippen molar-refractivity contribution < 1.29 is 9.13 Å². The molecule has 0 spiro atoms. The lowest BCUT2D eigenvalue weighted by atomic mass is 9.80. The molecule has 1 aliphatic carbocycles. The quantitative estimate of drug-likeness (QED) is 0.626. The fourth-order valence-electron chi connectivity index (χ4n) is 3.26. The molecular weight excluding hydrogens is 277 g/mol. The Balaban J connectivity index is 1.70. The van der Waals surface area contributed by atoms with E-state index in [2.05, 4.69) is 6.92 Å². The van der Waals surface area contributed by atoms with Crippen LogP contribution in [0.25, 0.3) is 0 Å². The van der Waals surface area contributed by atoms with E-state index in [1.807, 2.05) is 6.07 Å². The molecular formula is C19H26FNO. The first-order valence-corrected chi connectivity index (χ1v) is 8.55. The molecule has 0 N–H and O–H groups in total. The second-order valence-electron chi connectivity index (χ2n) is 6.45. The molecule has 0 aliphatic heterocycles. The molecule has 1 saturated carbocycles. The fourth-order valence-corrected chi connectivity index (χ4v) is 3.26. The highest BCUT2D eigenvalue weighted by Crippen LogP contribution is 2.32. The monoisotopic (exact) mass is 303 g/mol. The van der Waals surface area contributed by atoms with Crippen LogP contribution in [0.3, 0.4) is 0 Å². The predicted octanol–water partition coefficient (Wildman–Crippen LogP) is 5.46. The van der Waals surface area contributed by atoms with Gasteiger partial charge in [-0.1, -0.05) is 45.4 Å². The third kappa shape index (κ3) is 5.02. The van der Waals surface area contributed by atoms with Gasteiger partial charge in [0, 0.05) is 6.07 Å². The Morgan fingerprint density at radius 2 is 1.91 bits per heavy atom. The summed E-state index contributed by atoms with van der Waals surface area (Å²) in [6.45, 7) is 2.91. The van der Waals surface area contributed by atoms with Crippen LogP contribution < -0.4 is 4.74 Å². The normalized spacial score (nSPS) is 21.3. The van der Waals surface area contributed by atoms with Crippen molar-refractivity contribution in [1.82, 2.24) is 0 Å². The highest BCUT2D eigenvalue weighted by Gasteiger charge is 2.21. The molecule has 0 radical (unpaired) electrons. The Kier molecular flexibility index (Phi) is 6.71. The van der Waals surface area contributed by atoms with Crippen molar-refractivity contribution in [3.05, 3.63) is 29.6 Å². The van der Waals surface area contributed by atoms with Crippen molar-refractivity contribution in [2.45, 2.75) is 58.3 Å². The minimum Gasteiger partial charge on any atom is -0.493 e. The van der Waals surface area contributed by atoms with Crippen molar-refractivity contribution in [3.8, 4) is 11.8 Å². The highest BCUT2D eigenvalue weighted by molar-refractivity contribution is 5.36. The molecule has 22 heavy (non-hydrogen) atoms. The molecule has 0 unspecified atom stereocenters. The molecule has 1 aliphatic rings. The number of hydrogen-bond acceptors (Lipinski definition) is 2. The first-order valence-electron chi connectivity index (χ1n) is 8.55. The van der Waals surface area contributed by atoms with Gasteiger partial charge in [0.15, 0.2) is 0 Å². The lowest BCUT2D eigenvalue weighted by molar-refractivity contribution is 0.177. The smallest absolute Gasteiger partial charge is 0.144 e. The maximum atomic E-state index is 13.5. The minimum absolute atomic E-state index is 0.0694. The Bertz CT molecular complexity index is 501. The maximum absolute atomic E-state index is 13.5. The van der Waals surface area contributed by atoms with E-state index < -0.39 is 5.82 Å². The molecule has 0 bridgehead atoms. The molecule has 0 aromatic heterocycles. The zero-order valence-electron chi connectivity index (χ0n) is 13.5. The van der Waals surface area contributed by atoms with Gasteiger partial charge in [0.25, 0.3) is 0 Å². The average molecular weight is 303 g/mol. The third-order valence-corrected chi connectivity index (χ3v) is 4.73. The van der Waals surface area contributed by atoms with Crippen LogP contribution in [0.5, 0.6) is 5.75 Å². The fraction of sp³-hybridized carbons (Fsp3) is 0.632. The number of nitriles is 1. The van der Waals surface area contributed by atoms with Gasteiger partial charge < -0.3 is 4.74 Å². The zero-order valence-corrected chi connectivity index (χ0v) is 13.5. The summed E-state index contributed by atoms with van der Waals surface area (Å²) in [4.78, 5) is 0. The number of nitrogens with zero attached hydrogens (tertiary/aromatic N) is 1. The van der Waals surface area contributed by atoms with Crippen molar-refractivity contribution in [2.75, 3.05) is 6.61 Å². The summed E-state index contributed by atoms with van der Waals surface area (Å²) in [5.74, 6) is 1.51. The second-order valence-corrected chi connectivity index (χ2v) is 6.45. The summed E-state index contributed by atoms with van der Waals surface area (Å²) in [5.41, 5.74) is 0.0694. The van der Waals surface area contributed by atoms with E-state index >= 15 is 0 Å². The summed E-state index contributed by atoms with van der Waals surface area (Å²) in [7, 11) is 0. The van der Waals surface area contributed by atoms with E-state index in [-0.39, 0.29) is 5.56 Å². The molecule has 120 valence electrons. The summed E-state index contributed by atoms with van der Waals surface area (Å²) in [6, 6.07) is 6.30.